The minimum atomic E-state index is -1.14. The van der Waals surface area contributed by atoms with Gasteiger partial charge in [-0.15, -0.1) is 0 Å². The van der Waals surface area contributed by atoms with E-state index in [0.717, 1.165) is 5.56 Å². The number of rotatable bonds is 10. The first kappa shape index (κ1) is 26.9. The number of carbonyl (C=O) groups is 1. The van der Waals surface area contributed by atoms with Gasteiger partial charge in [0.05, 0.1) is 26.0 Å². The molecule has 0 saturated carbocycles. The van der Waals surface area contributed by atoms with Crippen LogP contribution >= 0.6 is 0 Å². The number of nitriles is 1. The van der Waals surface area contributed by atoms with E-state index in [4.69, 9.17) is 9.47 Å². The Bertz CT molecular complexity index is 1540. The van der Waals surface area contributed by atoms with Gasteiger partial charge in [-0.25, -0.2) is 14.8 Å². The molecule has 0 unspecified atom stereocenters. The van der Waals surface area contributed by atoms with Crippen LogP contribution in [-0.4, -0.2) is 56.7 Å². The predicted octanol–water partition coefficient (Wildman–Crippen LogP) is 4.48. The molecule has 0 aliphatic heterocycles. The molecule has 0 fully saturated rings. The quantitative estimate of drug-likeness (QED) is 0.268. The van der Waals surface area contributed by atoms with Crippen molar-refractivity contribution in [2.75, 3.05) is 26.1 Å². The molecule has 0 saturated heterocycles. The number of ether oxygens (including phenoxy) is 2. The van der Waals surface area contributed by atoms with Crippen molar-refractivity contribution in [1.29, 1.82) is 5.26 Å². The van der Waals surface area contributed by atoms with Crippen molar-refractivity contribution >= 4 is 11.9 Å². The third kappa shape index (κ3) is 5.75. The number of phenolic OH excluding ortho intramolecular Hbond substituents is 1. The van der Waals surface area contributed by atoms with Gasteiger partial charge < -0.3 is 25.0 Å². The van der Waals surface area contributed by atoms with E-state index < -0.39 is 5.97 Å². The molecule has 2 aromatic heterocycles. The van der Waals surface area contributed by atoms with Gasteiger partial charge in [0.15, 0.2) is 0 Å². The average Bonchev–Trinajstić information content (AvgIpc) is 3.34. The topological polar surface area (TPSA) is 155 Å². The molecule has 4 aromatic rings. The zero-order valence-corrected chi connectivity index (χ0v) is 22.0. The number of anilines is 1. The van der Waals surface area contributed by atoms with Crippen molar-refractivity contribution in [2.45, 2.75) is 26.3 Å². The van der Waals surface area contributed by atoms with Gasteiger partial charge in [0.25, 0.3) is 0 Å². The molecule has 200 valence electrons. The van der Waals surface area contributed by atoms with Crippen molar-refractivity contribution < 1.29 is 24.5 Å². The molecular formula is C28H28N6O5. The van der Waals surface area contributed by atoms with Gasteiger partial charge >= 0.3 is 5.97 Å². The monoisotopic (exact) mass is 528 g/mol. The Morgan fingerprint density at radius 2 is 2.00 bits per heavy atom. The van der Waals surface area contributed by atoms with Crippen LogP contribution in [0, 0.1) is 18.3 Å². The Kier molecular flexibility index (Phi) is 7.96. The lowest BCUT2D eigenvalue weighted by Gasteiger charge is -2.19. The van der Waals surface area contributed by atoms with E-state index in [1.54, 1.807) is 42.7 Å². The number of carboxylic acids is 1. The summed E-state index contributed by atoms with van der Waals surface area (Å²) in [7, 11) is 2.84. The van der Waals surface area contributed by atoms with Crippen LogP contribution in [0.3, 0.4) is 0 Å². The lowest BCUT2D eigenvalue weighted by atomic mass is 9.96. The van der Waals surface area contributed by atoms with Crippen LogP contribution in [0.2, 0.25) is 0 Å². The summed E-state index contributed by atoms with van der Waals surface area (Å²) in [5.41, 5.74) is 4.05. The molecule has 0 aliphatic carbocycles. The molecule has 0 bridgehead atoms. The van der Waals surface area contributed by atoms with Crippen molar-refractivity contribution in [3.05, 3.63) is 65.5 Å². The van der Waals surface area contributed by atoms with Gasteiger partial charge in [-0.05, 0) is 48.4 Å². The molecule has 2 aromatic carbocycles. The number of hydrogen-bond acceptors (Lipinski definition) is 9. The molecule has 11 heteroatoms. The lowest BCUT2D eigenvalue weighted by Crippen LogP contribution is -2.14. The highest BCUT2D eigenvalue weighted by Crippen LogP contribution is 2.37. The maximum Gasteiger partial charge on any atom is 0.343 e. The Morgan fingerprint density at radius 3 is 2.67 bits per heavy atom. The smallest absolute Gasteiger partial charge is 0.343 e. The number of aromatic nitrogens is 4. The Hall–Kier alpha value is -5.11. The number of methoxy groups -OCH3 is 2. The van der Waals surface area contributed by atoms with Crippen LogP contribution in [0.4, 0.5) is 5.95 Å². The second-order valence-corrected chi connectivity index (χ2v) is 8.92. The van der Waals surface area contributed by atoms with Gasteiger partial charge in [0.2, 0.25) is 5.95 Å². The predicted molar refractivity (Wildman–Crippen MR) is 144 cm³/mol. The number of nitrogens with zero attached hydrogens (tertiary/aromatic N) is 5. The normalized spacial score (nSPS) is 11.5. The highest BCUT2D eigenvalue weighted by molar-refractivity contribution is 5.95. The molecule has 2 heterocycles. The fourth-order valence-electron chi connectivity index (χ4n) is 4.38. The van der Waals surface area contributed by atoms with Crippen molar-refractivity contribution in [3.8, 4) is 45.8 Å². The summed E-state index contributed by atoms with van der Waals surface area (Å²) in [6, 6.07) is 12.4. The molecule has 0 aliphatic rings. The van der Waals surface area contributed by atoms with Gasteiger partial charge in [-0.3, -0.25) is 4.68 Å². The maximum atomic E-state index is 11.9. The van der Waals surface area contributed by atoms with Crippen LogP contribution in [0.15, 0.2) is 48.8 Å². The third-order valence-corrected chi connectivity index (χ3v) is 6.15. The first-order chi connectivity index (χ1) is 18.7. The first-order valence-electron chi connectivity index (χ1n) is 12.1. The van der Waals surface area contributed by atoms with E-state index in [2.05, 4.69) is 26.5 Å². The standard InChI is InChI=1S/C28H28N6O5/c1-16-11-18(13-19(35)12-16)25-21(15-34(33-25)10-8-29)22-7-9-30-28(32-22)31-14-17(2)20-5-6-23(38-3)24(27(36)37)26(20)39-4/h5-7,9,11-13,15,17,35H,10,14H2,1-4H3,(H,36,37)(H,30,31,32)/t17-/m1/s1. The summed E-state index contributed by atoms with van der Waals surface area (Å²) >= 11 is 0. The number of nitrogens with one attached hydrogen (secondary N) is 1. The van der Waals surface area contributed by atoms with E-state index in [-0.39, 0.29) is 35.3 Å². The van der Waals surface area contributed by atoms with Crippen LogP contribution < -0.4 is 14.8 Å². The number of carboxylic acid groups (broad SMARTS) is 1. The molecule has 0 amide bonds. The number of aromatic hydroxyl groups is 1. The Labute approximate surface area is 225 Å². The second kappa shape index (κ2) is 11.5. The fraction of sp³-hybridized carbons (Fsp3) is 0.250. The molecule has 11 nitrogen and oxygen atoms in total. The molecule has 4 rings (SSSR count). The average molecular weight is 529 g/mol. The zero-order valence-electron chi connectivity index (χ0n) is 22.0. The van der Waals surface area contributed by atoms with Crippen molar-refractivity contribution in [3.63, 3.8) is 0 Å². The molecule has 39 heavy (non-hydrogen) atoms. The summed E-state index contributed by atoms with van der Waals surface area (Å²) in [5.74, 6) is -0.381. The van der Waals surface area contributed by atoms with Crippen LogP contribution in [0.25, 0.3) is 22.5 Å². The van der Waals surface area contributed by atoms with Gasteiger partial charge in [0.1, 0.15) is 35.1 Å². The zero-order chi connectivity index (χ0) is 28.1. The number of aromatic carboxylic acids is 1. The van der Waals surface area contributed by atoms with E-state index in [1.165, 1.54) is 18.9 Å². The van der Waals surface area contributed by atoms with Crippen LogP contribution in [0.1, 0.15) is 34.3 Å². The largest absolute Gasteiger partial charge is 0.508 e. The Balaban J connectivity index is 1.63. The molecule has 0 spiro atoms. The second-order valence-electron chi connectivity index (χ2n) is 8.92. The van der Waals surface area contributed by atoms with Gasteiger partial charge in [-0.2, -0.15) is 10.4 Å². The summed E-state index contributed by atoms with van der Waals surface area (Å²) in [6.45, 7) is 4.25. The minimum absolute atomic E-state index is 0.0355. The number of phenols is 1. The summed E-state index contributed by atoms with van der Waals surface area (Å²) in [4.78, 5) is 20.9. The molecule has 1 atom stereocenters. The van der Waals surface area contributed by atoms with Gasteiger partial charge in [-0.1, -0.05) is 13.0 Å². The van der Waals surface area contributed by atoms with Crippen LogP contribution in [0.5, 0.6) is 17.2 Å². The van der Waals surface area contributed by atoms with Crippen molar-refractivity contribution in [1.82, 2.24) is 19.7 Å². The van der Waals surface area contributed by atoms with E-state index in [0.29, 0.717) is 40.6 Å². The summed E-state index contributed by atoms with van der Waals surface area (Å²) in [5, 5.41) is 36.8. The van der Waals surface area contributed by atoms with E-state index in [9.17, 15) is 20.3 Å². The molecule has 0 radical (unpaired) electrons. The van der Waals surface area contributed by atoms with Crippen molar-refractivity contribution in [2.24, 2.45) is 0 Å². The van der Waals surface area contributed by atoms with E-state index >= 15 is 0 Å². The molecular weight excluding hydrogens is 500 g/mol. The minimum Gasteiger partial charge on any atom is -0.508 e. The Morgan fingerprint density at radius 1 is 1.21 bits per heavy atom. The summed E-state index contributed by atoms with van der Waals surface area (Å²) < 4.78 is 12.2. The van der Waals surface area contributed by atoms with E-state index in [1.807, 2.05) is 19.9 Å². The number of benzene rings is 2. The molecule has 3 N–H and O–H groups in total. The number of aryl methyl sites for hydroxylation is 1. The number of hydrogen-bond donors (Lipinski definition) is 3. The highest BCUT2D eigenvalue weighted by Gasteiger charge is 2.24. The fourth-order valence-corrected chi connectivity index (χ4v) is 4.38. The third-order valence-electron chi connectivity index (χ3n) is 6.15. The maximum absolute atomic E-state index is 11.9. The SMILES string of the molecule is COc1ccc([C@H](C)CNc2nccc(-c3cn(CC#N)nc3-c3cc(C)cc(O)c3)n2)c(OC)c1C(=O)O. The summed E-state index contributed by atoms with van der Waals surface area (Å²) in [6.07, 6.45) is 3.35. The highest BCUT2D eigenvalue weighted by atomic mass is 16.5. The first-order valence-corrected chi connectivity index (χ1v) is 12.1. The lowest BCUT2D eigenvalue weighted by molar-refractivity contribution is 0.0689. The van der Waals surface area contributed by atoms with Gasteiger partial charge in [0, 0.05) is 36.0 Å². The van der Waals surface area contributed by atoms with Crippen LogP contribution in [-0.2, 0) is 6.54 Å².